The number of fused-ring (bicyclic) bond motifs is 1. The molecule has 0 aliphatic rings. The number of hydrogen-bond acceptors (Lipinski definition) is 4. The summed E-state index contributed by atoms with van der Waals surface area (Å²) in [7, 11) is 0. The molecule has 0 fully saturated rings. The predicted molar refractivity (Wildman–Crippen MR) is 113 cm³/mol. The molecule has 0 atom stereocenters. The maximum Gasteiger partial charge on any atom is 0.247 e. The normalized spacial score (nSPS) is 11.0. The molecule has 0 unspecified atom stereocenters. The molecule has 140 valence electrons. The Morgan fingerprint density at radius 2 is 2.00 bits per heavy atom. The molecular formula is C21H18BrN5O. The number of nitrogens with one attached hydrogen (secondary N) is 1. The Balaban J connectivity index is 1.66. The zero-order chi connectivity index (χ0) is 19.7. The van der Waals surface area contributed by atoms with E-state index < -0.39 is 0 Å². The van der Waals surface area contributed by atoms with E-state index in [9.17, 15) is 4.79 Å². The summed E-state index contributed by atoms with van der Waals surface area (Å²) >= 11 is 3.33. The van der Waals surface area contributed by atoms with Gasteiger partial charge in [-0.05, 0) is 59.1 Å². The number of aromatic nitrogens is 4. The Kier molecular flexibility index (Phi) is 4.92. The van der Waals surface area contributed by atoms with Gasteiger partial charge in [0.1, 0.15) is 12.4 Å². The first-order valence-electron chi connectivity index (χ1n) is 8.82. The molecule has 3 aromatic heterocycles. The first kappa shape index (κ1) is 18.3. The number of amides is 1. The number of pyridine rings is 2. The molecule has 0 aliphatic carbocycles. The lowest BCUT2D eigenvalue weighted by Crippen LogP contribution is -2.20. The molecule has 0 spiro atoms. The summed E-state index contributed by atoms with van der Waals surface area (Å²) in [4.78, 5) is 21.1. The monoisotopic (exact) mass is 435 g/mol. The van der Waals surface area contributed by atoms with Gasteiger partial charge < -0.3 is 5.32 Å². The Morgan fingerprint density at radius 1 is 1.14 bits per heavy atom. The van der Waals surface area contributed by atoms with E-state index in [4.69, 9.17) is 0 Å². The third-order valence-electron chi connectivity index (χ3n) is 4.43. The highest BCUT2D eigenvalue weighted by molar-refractivity contribution is 9.10. The zero-order valence-electron chi connectivity index (χ0n) is 15.5. The van der Waals surface area contributed by atoms with Crippen LogP contribution >= 0.6 is 15.9 Å². The molecule has 1 amide bonds. The summed E-state index contributed by atoms with van der Waals surface area (Å²) in [6, 6.07) is 13.9. The van der Waals surface area contributed by atoms with Gasteiger partial charge in [-0.15, -0.1) is 0 Å². The number of carbonyl (C=O) groups is 1. The van der Waals surface area contributed by atoms with Gasteiger partial charge in [0.05, 0.1) is 5.69 Å². The molecule has 0 bridgehead atoms. The van der Waals surface area contributed by atoms with Crippen molar-refractivity contribution in [3.05, 3.63) is 70.6 Å². The second-order valence-electron chi connectivity index (χ2n) is 6.58. The largest absolute Gasteiger partial charge is 0.309 e. The van der Waals surface area contributed by atoms with Crippen LogP contribution in [-0.2, 0) is 11.3 Å². The first-order chi connectivity index (χ1) is 13.5. The van der Waals surface area contributed by atoms with Crippen LogP contribution in [0.5, 0.6) is 0 Å². The van der Waals surface area contributed by atoms with E-state index >= 15 is 0 Å². The van der Waals surface area contributed by atoms with Gasteiger partial charge in [0, 0.05) is 22.3 Å². The van der Waals surface area contributed by atoms with Crippen LogP contribution in [0.3, 0.4) is 0 Å². The van der Waals surface area contributed by atoms with Crippen LogP contribution in [0, 0.1) is 13.8 Å². The third-order valence-corrected chi connectivity index (χ3v) is 4.89. The topological polar surface area (TPSA) is 72.7 Å². The highest BCUT2D eigenvalue weighted by Gasteiger charge is 2.16. The Morgan fingerprint density at radius 3 is 2.75 bits per heavy atom. The fourth-order valence-corrected chi connectivity index (χ4v) is 3.45. The van der Waals surface area contributed by atoms with Crippen molar-refractivity contribution in [2.24, 2.45) is 0 Å². The van der Waals surface area contributed by atoms with Crippen molar-refractivity contribution >= 4 is 38.7 Å². The second-order valence-corrected chi connectivity index (χ2v) is 7.50. The highest BCUT2D eigenvalue weighted by atomic mass is 79.9. The average molecular weight is 436 g/mol. The van der Waals surface area contributed by atoms with Crippen LogP contribution < -0.4 is 5.32 Å². The van der Waals surface area contributed by atoms with Gasteiger partial charge in [-0.1, -0.05) is 29.8 Å². The number of rotatable bonds is 4. The molecule has 0 aliphatic heterocycles. The minimum absolute atomic E-state index is 0.0619. The quantitative estimate of drug-likeness (QED) is 0.511. The minimum Gasteiger partial charge on any atom is -0.309 e. The van der Waals surface area contributed by atoms with Gasteiger partial charge in [-0.2, -0.15) is 5.10 Å². The Labute approximate surface area is 170 Å². The molecule has 0 radical (unpaired) electrons. The van der Waals surface area contributed by atoms with E-state index in [1.807, 2.05) is 25.1 Å². The van der Waals surface area contributed by atoms with Crippen molar-refractivity contribution < 1.29 is 4.79 Å². The van der Waals surface area contributed by atoms with Gasteiger partial charge in [-0.25, -0.2) is 14.6 Å². The number of anilines is 1. The lowest BCUT2D eigenvalue weighted by molar-refractivity contribution is -0.116. The van der Waals surface area contributed by atoms with Crippen LogP contribution in [0.2, 0.25) is 0 Å². The van der Waals surface area contributed by atoms with E-state index in [1.54, 1.807) is 23.1 Å². The molecule has 4 rings (SSSR count). The number of benzene rings is 1. The molecule has 7 heteroatoms. The number of carbonyl (C=O) groups excluding carboxylic acids is 1. The lowest BCUT2D eigenvalue weighted by Gasteiger charge is -2.07. The Hall–Kier alpha value is -3.06. The smallest absolute Gasteiger partial charge is 0.247 e. The van der Waals surface area contributed by atoms with E-state index in [0.717, 1.165) is 26.7 Å². The number of nitrogens with zero attached hydrogens (tertiary/aromatic N) is 4. The summed E-state index contributed by atoms with van der Waals surface area (Å²) < 4.78 is 2.49. The third kappa shape index (κ3) is 3.66. The van der Waals surface area contributed by atoms with E-state index in [2.05, 4.69) is 61.4 Å². The molecule has 1 aromatic carbocycles. The highest BCUT2D eigenvalue weighted by Crippen LogP contribution is 2.30. The molecule has 4 aromatic rings. The average Bonchev–Trinajstić information content (AvgIpc) is 2.99. The predicted octanol–water partition coefficient (Wildman–Crippen LogP) is 4.51. The summed E-state index contributed by atoms with van der Waals surface area (Å²) in [5.41, 5.74) is 4.89. The summed E-state index contributed by atoms with van der Waals surface area (Å²) in [5.74, 6) is 0.289. The molecule has 3 heterocycles. The van der Waals surface area contributed by atoms with Crippen molar-refractivity contribution in [2.75, 3.05) is 5.32 Å². The number of hydrogen-bond donors (Lipinski definition) is 1. The maximum absolute atomic E-state index is 12.5. The minimum atomic E-state index is -0.206. The van der Waals surface area contributed by atoms with Crippen molar-refractivity contribution in [1.82, 2.24) is 19.7 Å². The molecular weight excluding hydrogens is 418 g/mol. The standard InChI is InChI=1S/C21H18BrN5O/c1-13-4-3-5-15(10-13)17-8-9-23-21-20(17)14(2)26-27(21)12-19(28)25-18-7-6-16(22)11-24-18/h3-11H,12H2,1-2H3,(H,24,25,28). The van der Waals surface area contributed by atoms with Crippen LogP contribution in [0.1, 0.15) is 11.3 Å². The van der Waals surface area contributed by atoms with Crippen LogP contribution in [0.4, 0.5) is 5.82 Å². The first-order valence-corrected chi connectivity index (χ1v) is 9.61. The van der Waals surface area contributed by atoms with Crippen LogP contribution in [-0.4, -0.2) is 25.7 Å². The summed E-state index contributed by atoms with van der Waals surface area (Å²) in [6.45, 7) is 4.07. The fourth-order valence-electron chi connectivity index (χ4n) is 3.21. The molecule has 6 nitrogen and oxygen atoms in total. The van der Waals surface area contributed by atoms with Gasteiger partial charge in [-0.3, -0.25) is 4.79 Å². The SMILES string of the molecule is Cc1cccc(-c2ccnc3c2c(C)nn3CC(=O)Nc2ccc(Br)cn2)c1. The van der Waals surface area contributed by atoms with E-state index in [-0.39, 0.29) is 12.5 Å². The van der Waals surface area contributed by atoms with Crippen molar-refractivity contribution in [3.8, 4) is 11.1 Å². The summed E-state index contributed by atoms with van der Waals surface area (Å²) in [6.07, 6.45) is 3.39. The molecule has 28 heavy (non-hydrogen) atoms. The van der Waals surface area contributed by atoms with Crippen molar-refractivity contribution in [2.45, 2.75) is 20.4 Å². The van der Waals surface area contributed by atoms with E-state index in [1.165, 1.54) is 5.56 Å². The zero-order valence-corrected chi connectivity index (χ0v) is 17.1. The fraction of sp³-hybridized carbons (Fsp3) is 0.143. The lowest BCUT2D eigenvalue weighted by atomic mass is 10.0. The second kappa shape index (κ2) is 7.52. The van der Waals surface area contributed by atoms with Crippen LogP contribution in [0.15, 0.2) is 59.3 Å². The number of halogens is 1. The van der Waals surface area contributed by atoms with Gasteiger partial charge in [0.15, 0.2) is 5.65 Å². The maximum atomic E-state index is 12.5. The van der Waals surface area contributed by atoms with Crippen LogP contribution in [0.25, 0.3) is 22.2 Å². The summed E-state index contributed by atoms with van der Waals surface area (Å²) in [5, 5.41) is 8.31. The van der Waals surface area contributed by atoms with E-state index in [0.29, 0.717) is 11.5 Å². The Bertz CT molecular complexity index is 1170. The number of aryl methyl sites for hydroxylation is 2. The van der Waals surface area contributed by atoms with Crippen molar-refractivity contribution in [3.63, 3.8) is 0 Å². The molecule has 1 N–H and O–H groups in total. The van der Waals surface area contributed by atoms with Crippen molar-refractivity contribution in [1.29, 1.82) is 0 Å². The van der Waals surface area contributed by atoms with Gasteiger partial charge in [0.2, 0.25) is 5.91 Å². The molecule has 0 saturated carbocycles. The molecule has 0 saturated heterocycles. The van der Waals surface area contributed by atoms with Gasteiger partial charge >= 0.3 is 0 Å². The van der Waals surface area contributed by atoms with Gasteiger partial charge in [0.25, 0.3) is 0 Å².